The predicted molar refractivity (Wildman–Crippen MR) is 84.1 cm³/mol. The van der Waals surface area contributed by atoms with Crippen molar-refractivity contribution in [1.29, 1.82) is 0 Å². The van der Waals surface area contributed by atoms with E-state index in [0.29, 0.717) is 50.7 Å². The SMILES string of the molecule is COCCOc1cc(C(=O)NCC2(C(=O)O)CCOCC2)ccn1. The quantitative estimate of drug-likeness (QED) is 0.673. The molecule has 1 aromatic rings. The van der Waals surface area contributed by atoms with Crippen LogP contribution < -0.4 is 10.1 Å². The molecule has 1 aromatic heterocycles. The highest BCUT2D eigenvalue weighted by atomic mass is 16.5. The molecule has 0 aliphatic carbocycles. The zero-order valence-corrected chi connectivity index (χ0v) is 13.6. The highest BCUT2D eigenvalue weighted by Gasteiger charge is 2.40. The normalized spacial score (nSPS) is 16.4. The van der Waals surface area contributed by atoms with Gasteiger partial charge in [-0.3, -0.25) is 9.59 Å². The van der Waals surface area contributed by atoms with Crippen molar-refractivity contribution < 1.29 is 28.9 Å². The van der Waals surface area contributed by atoms with Crippen LogP contribution >= 0.6 is 0 Å². The Morgan fingerprint density at radius 2 is 2.12 bits per heavy atom. The Bertz CT molecular complexity index is 571. The number of carboxylic acids is 1. The first kappa shape index (κ1) is 18.2. The highest BCUT2D eigenvalue weighted by Crippen LogP contribution is 2.30. The molecule has 1 amide bonds. The number of ether oxygens (including phenoxy) is 3. The summed E-state index contributed by atoms with van der Waals surface area (Å²) >= 11 is 0. The summed E-state index contributed by atoms with van der Waals surface area (Å²) in [4.78, 5) is 27.9. The molecule has 2 heterocycles. The number of hydrogen-bond donors (Lipinski definition) is 2. The van der Waals surface area contributed by atoms with E-state index in [1.165, 1.54) is 12.3 Å². The maximum absolute atomic E-state index is 12.3. The van der Waals surface area contributed by atoms with Crippen molar-refractivity contribution in [3.05, 3.63) is 23.9 Å². The molecule has 2 rings (SSSR count). The predicted octanol–water partition coefficient (Wildman–Crippen LogP) is 0.718. The number of nitrogens with zero attached hydrogens (tertiary/aromatic N) is 1. The maximum Gasteiger partial charge on any atom is 0.311 e. The third-order valence-electron chi connectivity index (χ3n) is 4.03. The second-order valence-corrected chi connectivity index (χ2v) is 5.60. The van der Waals surface area contributed by atoms with E-state index in [0.717, 1.165) is 0 Å². The smallest absolute Gasteiger partial charge is 0.311 e. The van der Waals surface area contributed by atoms with E-state index in [-0.39, 0.29) is 12.5 Å². The minimum absolute atomic E-state index is 0.0622. The van der Waals surface area contributed by atoms with Gasteiger partial charge in [0.1, 0.15) is 6.61 Å². The zero-order valence-electron chi connectivity index (χ0n) is 13.6. The number of methoxy groups -OCH3 is 1. The van der Waals surface area contributed by atoms with E-state index >= 15 is 0 Å². The number of amides is 1. The van der Waals surface area contributed by atoms with Gasteiger partial charge in [-0.15, -0.1) is 0 Å². The lowest BCUT2D eigenvalue weighted by Crippen LogP contribution is -2.46. The van der Waals surface area contributed by atoms with Crippen LogP contribution in [0.15, 0.2) is 18.3 Å². The molecular weight excluding hydrogens is 316 g/mol. The fourth-order valence-electron chi connectivity index (χ4n) is 2.44. The fourth-order valence-corrected chi connectivity index (χ4v) is 2.44. The lowest BCUT2D eigenvalue weighted by molar-refractivity contribution is -0.154. The molecule has 0 spiro atoms. The molecule has 1 fully saturated rings. The van der Waals surface area contributed by atoms with Crippen molar-refractivity contribution in [3.8, 4) is 5.88 Å². The first-order valence-corrected chi connectivity index (χ1v) is 7.74. The molecule has 2 N–H and O–H groups in total. The van der Waals surface area contributed by atoms with Gasteiger partial charge >= 0.3 is 5.97 Å². The Hall–Kier alpha value is -2.19. The van der Waals surface area contributed by atoms with Gasteiger partial charge in [0.15, 0.2) is 0 Å². The molecular formula is C16H22N2O6. The van der Waals surface area contributed by atoms with Gasteiger partial charge in [-0.2, -0.15) is 0 Å². The average molecular weight is 338 g/mol. The van der Waals surface area contributed by atoms with Crippen molar-refractivity contribution in [2.75, 3.05) is 40.1 Å². The Kier molecular flexibility index (Phi) is 6.51. The highest BCUT2D eigenvalue weighted by molar-refractivity contribution is 5.94. The van der Waals surface area contributed by atoms with Crippen LogP contribution in [-0.2, 0) is 14.3 Å². The summed E-state index contributed by atoms with van der Waals surface area (Å²) in [5.41, 5.74) is -0.608. The van der Waals surface area contributed by atoms with Gasteiger partial charge in [-0.25, -0.2) is 4.98 Å². The largest absolute Gasteiger partial charge is 0.481 e. The van der Waals surface area contributed by atoms with Crippen LogP contribution in [0.2, 0.25) is 0 Å². The van der Waals surface area contributed by atoms with E-state index in [4.69, 9.17) is 14.2 Å². The average Bonchev–Trinajstić information content (AvgIpc) is 2.61. The Morgan fingerprint density at radius 3 is 2.79 bits per heavy atom. The van der Waals surface area contributed by atoms with E-state index in [1.807, 2.05) is 0 Å². The summed E-state index contributed by atoms with van der Waals surface area (Å²) in [5, 5.41) is 12.2. The lowest BCUT2D eigenvalue weighted by atomic mass is 9.80. The molecule has 0 unspecified atom stereocenters. The van der Waals surface area contributed by atoms with Crippen molar-refractivity contribution in [3.63, 3.8) is 0 Å². The van der Waals surface area contributed by atoms with Crippen molar-refractivity contribution in [1.82, 2.24) is 10.3 Å². The molecule has 0 bridgehead atoms. The number of aliphatic carboxylic acids is 1. The monoisotopic (exact) mass is 338 g/mol. The summed E-state index contributed by atoms with van der Waals surface area (Å²) in [5.74, 6) is -0.954. The zero-order chi connectivity index (χ0) is 17.4. The van der Waals surface area contributed by atoms with Crippen LogP contribution in [0.5, 0.6) is 5.88 Å². The molecule has 0 aromatic carbocycles. The maximum atomic E-state index is 12.3. The van der Waals surface area contributed by atoms with E-state index in [1.54, 1.807) is 13.2 Å². The summed E-state index contributed by atoms with van der Waals surface area (Å²) in [6, 6.07) is 3.07. The van der Waals surface area contributed by atoms with Crippen molar-refractivity contribution in [2.24, 2.45) is 5.41 Å². The van der Waals surface area contributed by atoms with Gasteiger partial charge in [-0.05, 0) is 18.9 Å². The molecule has 1 aliphatic heterocycles. The van der Waals surface area contributed by atoms with Crippen LogP contribution in [0.25, 0.3) is 0 Å². The molecule has 8 heteroatoms. The first-order valence-electron chi connectivity index (χ1n) is 7.74. The number of nitrogens with one attached hydrogen (secondary N) is 1. The third-order valence-corrected chi connectivity index (χ3v) is 4.03. The minimum atomic E-state index is -0.973. The second-order valence-electron chi connectivity index (χ2n) is 5.60. The molecule has 0 radical (unpaired) electrons. The summed E-state index contributed by atoms with van der Waals surface area (Å²) in [6.45, 7) is 1.58. The number of carboxylic acid groups (broad SMARTS) is 1. The van der Waals surface area contributed by atoms with Crippen LogP contribution in [0, 0.1) is 5.41 Å². The summed E-state index contributed by atoms with van der Waals surface area (Å²) in [6.07, 6.45) is 2.23. The minimum Gasteiger partial charge on any atom is -0.481 e. The van der Waals surface area contributed by atoms with Crippen LogP contribution in [-0.4, -0.2) is 62.0 Å². The number of rotatable bonds is 8. The van der Waals surface area contributed by atoms with Crippen molar-refractivity contribution >= 4 is 11.9 Å². The summed E-state index contributed by atoms with van der Waals surface area (Å²) < 4.78 is 15.5. The van der Waals surface area contributed by atoms with Gasteiger partial charge < -0.3 is 24.6 Å². The van der Waals surface area contributed by atoms with Gasteiger partial charge in [0.25, 0.3) is 5.91 Å². The Balaban J connectivity index is 1.96. The van der Waals surface area contributed by atoms with Crippen LogP contribution in [0.3, 0.4) is 0 Å². The second kappa shape index (κ2) is 8.60. The summed E-state index contributed by atoms with van der Waals surface area (Å²) in [7, 11) is 1.56. The molecule has 8 nitrogen and oxygen atoms in total. The number of carbonyl (C=O) groups is 2. The molecule has 0 atom stereocenters. The van der Waals surface area contributed by atoms with E-state index in [9.17, 15) is 14.7 Å². The third kappa shape index (κ3) is 4.65. The molecule has 24 heavy (non-hydrogen) atoms. The van der Waals surface area contributed by atoms with E-state index < -0.39 is 11.4 Å². The fraction of sp³-hybridized carbons (Fsp3) is 0.562. The van der Waals surface area contributed by atoms with Gasteiger partial charge in [-0.1, -0.05) is 0 Å². The topological polar surface area (TPSA) is 107 Å². The Morgan fingerprint density at radius 1 is 1.38 bits per heavy atom. The van der Waals surface area contributed by atoms with Gasteiger partial charge in [0, 0.05) is 44.7 Å². The van der Waals surface area contributed by atoms with Gasteiger partial charge in [0.2, 0.25) is 5.88 Å². The number of carbonyl (C=O) groups excluding carboxylic acids is 1. The lowest BCUT2D eigenvalue weighted by Gasteiger charge is -2.33. The number of hydrogen-bond acceptors (Lipinski definition) is 6. The van der Waals surface area contributed by atoms with Crippen LogP contribution in [0.1, 0.15) is 23.2 Å². The van der Waals surface area contributed by atoms with Gasteiger partial charge in [0.05, 0.1) is 12.0 Å². The molecule has 0 saturated carbocycles. The standard InChI is InChI=1S/C16H22N2O6/c1-22-8-9-24-13-10-12(2-5-17-13)14(19)18-11-16(15(20)21)3-6-23-7-4-16/h2,5,10H,3-4,6-9,11H2,1H3,(H,18,19)(H,20,21). The van der Waals surface area contributed by atoms with E-state index in [2.05, 4.69) is 10.3 Å². The first-order chi connectivity index (χ1) is 11.6. The number of aromatic nitrogens is 1. The number of pyridine rings is 1. The molecule has 1 saturated heterocycles. The molecule has 1 aliphatic rings. The molecule has 132 valence electrons. The Labute approximate surface area is 140 Å². The van der Waals surface area contributed by atoms with Crippen molar-refractivity contribution in [2.45, 2.75) is 12.8 Å². The van der Waals surface area contributed by atoms with Crippen LogP contribution in [0.4, 0.5) is 0 Å².